The van der Waals surface area contributed by atoms with Crippen LogP contribution in [0.2, 0.25) is 0 Å². The highest BCUT2D eigenvalue weighted by Crippen LogP contribution is 2.56. The summed E-state index contributed by atoms with van der Waals surface area (Å²) in [5, 5.41) is 9.61. The Kier molecular flexibility index (Phi) is 3.47. The van der Waals surface area contributed by atoms with Gasteiger partial charge in [-0.25, -0.2) is 9.97 Å². The van der Waals surface area contributed by atoms with Crippen molar-refractivity contribution in [2.24, 2.45) is 11.7 Å². The minimum atomic E-state index is -0.838. The van der Waals surface area contributed by atoms with Crippen LogP contribution in [0, 0.1) is 5.92 Å². The Morgan fingerprint density at radius 2 is 2.33 bits per heavy atom. The summed E-state index contributed by atoms with van der Waals surface area (Å²) < 4.78 is 1.76. The van der Waals surface area contributed by atoms with Crippen LogP contribution in [0.5, 0.6) is 0 Å². The first-order chi connectivity index (χ1) is 10.2. The molecule has 3 rings (SSSR count). The average molecular weight is 286 g/mol. The molecular weight excluding hydrogens is 268 g/mol. The lowest BCUT2D eigenvalue weighted by Crippen LogP contribution is -2.23. The summed E-state index contributed by atoms with van der Waals surface area (Å²) in [4.78, 5) is 20.3. The van der Waals surface area contributed by atoms with Gasteiger partial charge < -0.3 is 10.8 Å². The fourth-order valence-electron chi connectivity index (χ4n) is 2.91. The Hall–Kier alpha value is -2.21. The van der Waals surface area contributed by atoms with Gasteiger partial charge in [-0.1, -0.05) is 6.07 Å². The standard InChI is InChI=1S/C15H18N4O2/c16-6-3-4-11-8-15(11,14(20)21)12-9-19(10-18-12)13-5-1-2-7-17-13/h1-2,5,7,9-11H,3-4,6,8,16H2,(H,20,21)/t11-,15?/m0/s1. The fraction of sp³-hybridized carbons (Fsp3) is 0.400. The van der Waals surface area contributed by atoms with Crippen LogP contribution >= 0.6 is 0 Å². The summed E-state index contributed by atoms with van der Waals surface area (Å²) in [6.07, 6.45) is 7.42. The number of aromatic nitrogens is 3. The summed E-state index contributed by atoms with van der Waals surface area (Å²) >= 11 is 0. The Balaban J connectivity index is 1.86. The van der Waals surface area contributed by atoms with E-state index in [2.05, 4.69) is 9.97 Å². The highest BCUT2D eigenvalue weighted by molar-refractivity contribution is 5.85. The molecule has 1 saturated carbocycles. The third-order valence-corrected chi connectivity index (χ3v) is 4.20. The highest BCUT2D eigenvalue weighted by Gasteiger charge is 2.62. The van der Waals surface area contributed by atoms with Crippen molar-refractivity contribution in [1.29, 1.82) is 0 Å². The van der Waals surface area contributed by atoms with Crippen molar-refractivity contribution in [3.63, 3.8) is 0 Å². The lowest BCUT2D eigenvalue weighted by atomic mass is 9.98. The first-order valence-corrected chi connectivity index (χ1v) is 7.08. The van der Waals surface area contributed by atoms with Crippen molar-refractivity contribution in [3.05, 3.63) is 42.6 Å². The third-order valence-electron chi connectivity index (χ3n) is 4.20. The van der Waals surface area contributed by atoms with Gasteiger partial charge in [0.1, 0.15) is 17.6 Å². The molecule has 6 heteroatoms. The normalized spacial score (nSPS) is 24.0. The van der Waals surface area contributed by atoms with Crippen LogP contribution in [-0.2, 0) is 10.2 Å². The first kappa shape index (κ1) is 13.8. The molecule has 3 N–H and O–H groups in total. The molecular formula is C15H18N4O2. The van der Waals surface area contributed by atoms with Crippen molar-refractivity contribution < 1.29 is 9.90 Å². The van der Waals surface area contributed by atoms with Crippen LogP contribution in [0.1, 0.15) is 25.0 Å². The van der Waals surface area contributed by atoms with Crippen molar-refractivity contribution in [2.45, 2.75) is 24.7 Å². The number of hydrogen-bond acceptors (Lipinski definition) is 4. The Labute approximate surface area is 122 Å². The van der Waals surface area contributed by atoms with E-state index in [9.17, 15) is 9.90 Å². The van der Waals surface area contributed by atoms with Crippen LogP contribution < -0.4 is 5.73 Å². The number of nitrogens with zero attached hydrogens (tertiary/aromatic N) is 3. The van der Waals surface area contributed by atoms with Crippen LogP contribution in [0.25, 0.3) is 5.82 Å². The van der Waals surface area contributed by atoms with E-state index in [1.807, 2.05) is 18.2 Å². The molecule has 0 bridgehead atoms. The minimum Gasteiger partial charge on any atom is -0.481 e. The molecule has 110 valence electrons. The van der Waals surface area contributed by atoms with E-state index in [0.29, 0.717) is 18.7 Å². The van der Waals surface area contributed by atoms with Gasteiger partial charge in [-0.2, -0.15) is 0 Å². The molecule has 2 atom stereocenters. The zero-order valence-electron chi connectivity index (χ0n) is 11.6. The quantitative estimate of drug-likeness (QED) is 0.836. The number of imidazole rings is 1. The second kappa shape index (κ2) is 5.29. The summed E-state index contributed by atoms with van der Waals surface area (Å²) in [5.41, 5.74) is 5.29. The third kappa shape index (κ3) is 2.31. The SMILES string of the molecule is NCCC[C@H]1CC1(C(=O)O)c1cn(-c2ccccn2)cn1. The average Bonchev–Trinajstić information content (AvgIpc) is 3.03. The topological polar surface area (TPSA) is 94.0 Å². The number of carboxylic acids is 1. The largest absolute Gasteiger partial charge is 0.481 e. The van der Waals surface area contributed by atoms with Crippen molar-refractivity contribution >= 4 is 5.97 Å². The summed E-state index contributed by atoms with van der Waals surface area (Å²) in [6, 6.07) is 5.58. The Morgan fingerprint density at radius 3 is 3.00 bits per heavy atom. The number of carboxylic acid groups (broad SMARTS) is 1. The maximum absolute atomic E-state index is 11.7. The monoisotopic (exact) mass is 286 g/mol. The lowest BCUT2D eigenvalue weighted by Gasteiger charge is -2.09. The predicted octanol–water partition coefficient (Wildman–Crippen LogP) is 1.35. The second-order valence-electron chi connectivity index (χ2n) is 5.46. The maximum Gasteiger partial charge on any atom is 0.316 e. The van der Waals surface area contributed by atoms with Gasteiger partial charge in [-0.05, 0) is 43.9 Å². The van der Waals surface area contributed by atoms with E-state index >= 15 is 0 Å². The van der Waals surface area contributed by atoms with Gasteiger partial charge in [0, 0.05) is 12.4 Å². The van der Waals surface area contributed by atoms with Gasteiger partial charge in [0.05, 0.1) is 5.69 Å². The molecule has 21 heavy (non-hydrogen) atoms. The molecule has 1 unspecified atom stereocenters. The van der Waals surface area contributed by atoms with Crippen molar-refractivity contribution in [3.8, 4) is 5.82 Å². The van der Waals surface area contributed by atoms with Gasteiger partial charge in [0.25, 0.3) is 0 Å². The molecule has 1 aliphatic carbocycles. The molecule has 2 aromatic heterocycles. The molecule has 2 aromatic rings. The highest BCUT2D eigenvalue weighted by atomic mass is 16.4. The van der Waals surface area contributed by atoms with Gasteiger partial charge in [-0.15, -0.1) is 0 Å². The van der Waals surface area contributed by atoms with E-state index in [0.717, 1.165) is 18.7 Å². The van der Waals surface area contributed by atoms with Crippen LogP contribution in [0.15, 0.2) is 36.9 Å². The van der Waals surface area contributed by atoms with E-state index in [4.69, 9.17) is 5.73 Å². The lowest BCUT2D eigenvalue weighted by molar-refractivity contribution is -0.140. The maximum atomic E-state index is 11.7. The summed E-state index contributed by atoms with van der Waals surface area (Å²) in [6.45, 7) is 0.592. The Morgan fingerprint density at radius 1 is 1.48 bits per heavy atom. The summed E-state index contributed by atoms with van der Waals surface area (Å²) in [7, 11) is 0. The van der Waals surface area contributed by atoms with Crippen LogP contribution in [-0.4, -0.2) is 32.2 Å². The van der Waals surface area contributed by atoms with Gasteiger partial charge in [0.15, 0.2) is 0 Å². The van der Waals surface area contributed by atoms with Crippen LogP contribution in [0.3, 0.4) is 0 Å². The predicted molar refractivity (Wildman–Crippen MR) is 77.1 cm³/mol. The smallest absolute Gasteiger partial charge is 0.316 e. The molecule has 0 spiro atoms. The summed E-state index contributed by atoms with van der Waals surface area (Å²) in [5.74, 6) is 0.0670. The van der Waals surface area contributed by atoms with E-state index in [-0.39, 0.29) is 5.92 Å². The fourth-order valence-corrected chi connectivity index (χ4v) is 2.91. The number of carbonyl (C=O) groups is 1. The first-order valence-electron chi connectivity index (χ1n) is 7.08. The van der Waals surface area contributed by atoms with Gasteiger partial charge in [0.2, 0.25) is 0 Å². The van der Waals surface area contributed by atoms with Gasteiger partial charge in [-0.3, -0.25) is 9.36 Å². The Bertz CT molecular complexity index is 640. The molecule has 0 saturated heterocycles. The molecule has 0 radical (unpaired) electrons. The second-order valence-corrected chi connectivity index (χ2v) is 5.46. The van der Waals surface area contributed by atoms with Crippen molar-refractivity contribution in [1.82, 2.24) is 14.5 Å². The minimum absolute atomic E-state index is 0.130. The number of aliphatic carboxylic acids is 1. The molecule has 1 fully saturated rings. The number of nitrogens with two attached hydrogens (primary N) is 1. The van der Waals surface area contributed by atoms with E-state index in [1.165, 1.54) is 0 Å². The molecule has 0 amide bonds. The molecule has 2 heterocycles. The zero-order chi connectivity index (χ0) is 14.9. The number of hydrogen-bond donors (Lipinski definition) is 2. The zero-order valence-corrected chi connectivity index (χ0v) is 11.6. The molecule has 0 aliphatic heterocycles. The number of rotatable bonds is 6. The van der Waals surface area contributed by atoms with Crippen LogP contribution in [0.4, 0.5) is 0 Å². The number of pyridine rings is 1. The van der Waals surface area contributed by atoms with Crippen molar-refractivity contribution in [2.75, 3.05) is 6.54 Å². The van der Waals surface area contributed by atoms with Gasteiger partial charge >= 0.3 is 5.97 Å². The molecule has 6 nitrogen and oxygen atoms in total. The van der Waals surface area contributed by atoms with E-state index < -0.39 is 11.4 Å². The van der Waals surface area contributed by atoms with E-state index in [1.54, 1.807) is 23.3 Å². The molecule has 1 aliphatic rings. The molecule has 0 aromatic carbocycles.